The third-order valence-corrected chi connectivity index (χ3v) is 9.00. The standard InChI is InChI=1S/C22H22ClN5O.C16H18ClN3/c1-2-27-12-5-13-28(22(29)25-18-8-4-11-24-15-18)21-20(27)10-9-19(26-21)16-6-3-7-17(23)14-16;1-2-20-10-4-9-18-16-15(20)8-7-14(19-16)12-5-3-6-13(17)11-12/h3-4,6-11,14-15H,2,5,12-13H2,1H3,(H,25,29);3,5-8,11H,2,4,9-10H2,1H3,(H,18,19). The number of hydrogen-bond acceptors (Lipinski definition) is 7. The van der Waals surface area contributed by atoms with Gasteiger partial charge in [0, 0.05) is 66.6 Å². The van der Waals surface area contributed by atoms with Crippen molar-refractivity contribution in [1.82, 2.24) is 15.0 Å². The van der Waals surface area contributed by atoms with E-state index in [9.17, 15) is 4.79 Å². The van der Waals surface area contributed by atoms with E-state index in [0.29, 0.717) is 23.1 Å². The summed E-state index contributed by atoms with van der Waals surface area (Å²) in [6, 6.07) is 27.0. The molecular weight excluding hydrogens is 655 g/mol. The van der Waals surface area contributed by atoms with E-state index in [2.05, 4.69) is 51.4 Å². The first kappa shape index (κ1) is 34.0. The second-order valence-corrected chi connectivity index (χ2v) is 12.6. The molecule has 7 rings (SSSR count). The molecule has 0 aliphatic carbocycles. The average Bonchev–Trinajstić information content (AvgIpc) is 3.45. The molecule has 0 saturated heterocycles. The summed E-state index contributed by atoms with van der Waals surface area (Å²) in [6.45, 7) is 9.65. The number of benzene rings is 2. The molecule has 5 aromatic rings. The van der Waals surface area contributed by atoms with Crippen LogP contribution in [0.1, 0.15) is 26.7 Å². The number of hydrogen-bond donors (Lipinski definition) is 2. The highest BCUT2D eigenvalue weighted by Crippen LogP contribution is 2.34. The van der Waals surface area contributed by atoms with Gasteiger partial charge in [0.2, 0.25) is 0 Å². The fourth-order valence-electron chi connectivity index (χ4n) is 6.07. The highest BCUT2D eigenvalue weighted by molar-refractivity contribution is 6.31. The molecule has 0 bridgehead atoms. The molecule has 5 heterocycles. The minimum Gasteiger partial charge on any atom is -0.369 e. The summed E-state index contributed by atoms with van der Waals surface area (Å²) in [5.74, 6) is 1.63. The summed E-state index contributed by atoms with van der Waals surface area (Å²) in [5, 5.41) is 7.75. The number of pyridine rings is 3. The molecule has 0 saturated carbocycles. The van der Waals surface area contributed by atoms with Gasteiger partial charge in [0.15, 0.2) is 5.82 Å². The van der Waals surface area contributed by atoms with Gasteiger partial charge in [0.1, 0.15) is 5.82 Å². The number of halogens is 2. The van der Waals surface area contributed by atoms with Crippen molar-refractivity contribution in [1.29, 1.82) is 0 Å². The summed E-state index contributed by atoms with van der Waals surface area (Å²) < 4.78 is 0. The summed E-state index contributed by atoms with van der Waals surface area (Å²) in [5.41, 5.74) is 6.50. The Morgan fingerprint density at radius 3 is 2.08 bits per heavy atom. The number of rotatable bonds is 5. The number of nitrogens with zero attached hydrogens (tertiary/aromatic N) is 6. The molecule has 2 aromatic carbocycles. The topological polar surface area (TPSA) is 89.5 Å². The van der Waals surface area contributed by atoms with Crippen molar-refractivity contribution in [3.8, 4) is 22.5 Å². The number of aromatic nitrogens is 3. The number of anilines is 5. The second kappa shape index (κ2) is 16.0. The van der Waals surface area contributed by atoms with Gasteiger partial charge >= 0.3 is 6.03 Å². The van der Waals surface area contributed by atoms with Crippen LogP contribution in [0.3, 0.4) is 0 Å². The van der Waals surface area contributed by atoms with Crippen LogP contribution in [0.4, 0.5) is 33.5 Å². The third kappa shape index (κ3) is 8.24. The van der Waals surface area contributed by atoms with Gasteiger partial charge < -0.3 is 20.4 Å². The highest BCUT2D eigenvalue weighted by Gasteiger charge is 2.26. The van der Waals surface area contributed by atoms with Gasteiger partial charge in [-0.1, -0.05) is 47.5 Å². The van der Waals surface area contributed by atoms with Crippen LogP contribution in [0.15, 0.2) is 97.3 Å². The fraction of sp³-hybridized carbons (Fsp3) is 0.263. The van der Waals surface area contributed by atoms with Gasteiger partial charge in [-0.25, -0.2) is 14.8 Å². The lowest BCUT2D eigenvalue weighted by molar-refractivity contribution is 0.257. The quantitative estimate of drug-likeness (QED) is 0.190. The second-order valence-electron chi connectivity index (χ2n) is 11.7. The Balaban J connectivity index is 0.000000182. The van der Waals surface area contributed by atoms with Gasteiger partial charge in [0.05, 0.1) is 34.6 Å². The highest BCUT2D eigenvalue weighted by atomic mass is 35.5. The molecular formula is C38H40Cl2N8O. The first-order valence-corrected chi connectivity index (χ1v) is 17.5. The van der Waals surface area contributed by atoms with Crippen molar-refractivity contribution in [2.75, 3.05) is 64.6 Å². The normalized spacial score (nSPS) is 13.9. The summed E-state index contributed by atoms with van der Waals surface area (Å²) >= 11 is 12.2. The van der Waals surface area contributed by atoms with Crippen LogP contribution in [-0.4, -0.2) is 60.3 Å². The average molecular weight is 696 g/mol. The third-order valence-electron chi connectivity index (χ3n) is 8.53. The molecule has 11 heteroatoms. The molecule has 2 amide bonds. The van der Waals surface area contributed by atoms with Crippen LogP contribution < -0.4 is 25.3 Å². The first-order chi connectivity index (χ1) is 23.9. The van der Waals surface area contributed by atoms with Crippen molar-refractivity contribution >= 4 is 57.9 Å². The maximum atomic E-state index is 13.1. The van der Waals surface area contributed by atoms with E-state index in [1.807, 2.05) is 66.7 Å². The first-order valence-electron chi connectivity index (χ1n) is 16.7. The zero-order valence-electron chi connectivity index (χ0n) is 27.7. The molecule has 49 heavy (non-hydrogen) atoms. The number of carbonyl (C=O) groups excluding carboxylic acids is 1. The molecule has 0 atom stereocenters. The van der Waals surface area contributed by atoms with Crippen LogP contribution in [-0.2, 0) is 0 Å². The van der Waals surface area contributed by atoms with E-state index in [0.717, 1.165) is 84.6 Å². The Morgan fingerprint density at radius 1 is 0.776 bits per heavy atom. The van der Waals surface area contributed by atoms with Gasteiger partial charge in [-0.3, -0.25) is 9.88 Å². The fourth-order valence-corrected chi connectivity index (χ4v) is 6.45. The van der Waals surface area contributed by atoms with Crippen LogP contribution >= 0.6 is 23.2 Å². The monoisotopic (exact) mass is 694 g/mol. The largest absolute Gasteiger partial charge is 0.369 e. The van der Waals surface area contributed by atoms with Crippen molar-refractivity contribution in [2.45, 2.75) is 26.7 Å². The molecule has 9 nitrogen and oxygen atoms in total. The summed E-state index contributed by atoms with van der Waals surface area (Å²) in [6.07, 6.45) is 5.30. The number of amides is 2. The molecule has 2 aliphatic heterocycles. The smallest absolute Gasteiger partial charge is 0.327 e. The molecule has 252 valence electrons. The van der Waals surface area contributed by atoms with Gasteiger partial charge in [-0.2, -0.15) is 0 Å². The molecule has 3 aromatic heterocycles. The Hall–Kier alpha value is -4.86. The number of urea groups is 1. The molecule has 0 fully saturated rings. The Kier molecular flexibility index (Phi) is 11.1. The minimum absolute atomic E-state index is 0.215. The van der Waals surface area contributed by atoms with Crippen molar-refractivity contribution in [3.63, 3.8) is 0 Å². The van der Waals surface area contributed by atoms with Gasteiger partial charge in [-0.15, -0.1) is 0 Å². The number of carbonyl (C=O) groups is 1. The Labute approximate surface area is 297 Å². The van der Waals surface area contributed by atoms with Crippen LogP contribution in [0, 0.1) is 0 Å². The van der Waals surface area contributed by atoms with E-state index in [4.69, 9.17) is 33.2 Å². The van der Waals surface area contributed by atoms with E-state index < -0.39 is 0 Å². The van der Waals surface area contributed by atoms with Crippen molar-refractivity contribution in [2.24, 2.45) is 0 Å². The predicted molar refractivity (Wildman–Crippen MR) is 203 cm³/mol. The van der Waals surface area contributed by atoms with E-state index in [-0.39, 0.29) is 6.03 Å². The van der Waals surface area contributed by atoms with Crippen molar-refractivity contribution < 1.29 is 4.79 Å². The van der Waals surface area contributed by atoms with E-state index >= 15 is 0 Å². The zero-order chi connectivity index (χ0) is 34.2. The van der Waals surface area contributed by atoms with Crippen LogP contribution in [0.2, 0.25) is 10.0 Å². The zero-order valence-corrected chi connectivity index (χ0v) is 29.3. The SMILES string of the molecule is CCN1CCCN(C(=O)Nc2cccnc2)c2nc(-c3cccc(Cl)c3)ccc21.CCN1CCCNc2nc(-c3cccc(Cl)c3)ccc21. The molecule has 0 spiro atoms. The van der Waals surface area contributed by atoms with Crippen molar-refractivity contribution in [3.05, 3.63) is 107 Å². The lowest BCUT2D eigenvalue weighted by atomic mass is 10.1. The molecule has 2 aliphatic rings. The van der Waals surface area contributed by atoms with E-state index in [1.165, 1.54) is 5.69 Å². The van der Waals surface area contributed by atoms with Gasteiger partial charge in [-0.05, 0) is 87.4 Å². The van der Waals surface area contributed by atoms with Crippen LogP contribution in [0.5, 0.6) is 0 Å². The molecule has 0 radical (unpaired) electrons. The molecule has 0 unspecified atom stereocenters. The lowest BCUT2D eigenvalue weighted by Crippen LogP contribution is -2.36. The maximum absolute atomic E-state index is 13.1. The van der Waals surface area contributed by atoms with Gasteiger partial charge in [0.25, 0.3) is 0 Å². The number of nitrogens with one attached hydrogen (secondary N) is 2. The summed E-state index contributed by atoms with van der Waals surface area (Å²) in [4.78, 5) is 33.1. The Bertz CT molecular complexity index is 1890. The van der Waals surface area contributed by atoms with E-state index in [1.54, 1.807) is 23.4 Å². The minimum atomic E-state index is -0.215. The molecule has 2 N–H and O–H groups in total. The number of fused-ring (bicyclic) bond motifs is 2. The van der Waals surface area contributed by atoms with Crippen LogP contribution in [0.25, 0.3) is 22.5 Å². The Morgan fingerprint density at radius 2 is 1.43 bits per heavy atom. The lowest BCUT2D eigenvalue weighted by Gasteiger charge is -2.25. The summed E-state index contributed by atoms with van der Waals surface area (Å²) in [7, 11) is 0. The maximum Gasteiger partial charge on any atom is 0.327 e. The predicted octanol–water partition coefficient (Wildman–Crippen LogP) is 9.11.